The fraction of sp³-hybridized carbons (Fsp3) is 0.692. The molecule has 1 aromatic rings. The van der Waals surface area contributed by atoms with Gasteiger partial charge in [-0.1, -0.05) is 19.3 Å². The molecule has 2 rings (SSSR count). The van der Waals surface area contributed by atoms with E-state index in [-0.39, 0.29) is 11.6 Å². The highest BCUT2D eigenvalue weighted by atomic mass is 79.9. The van der Waals surface area contributed by atoms with Crippen LogP contribution in [0.25, 0.3) is 0 Å². The molecule has 1 fully saturated rings. The predicted octanol–water partition coefficient (Wildman–Crippen LogP) is 3.19. The number of aromatic nitrogens is 2. The normalized spacial score (nSPS) is 15.8. The Kier molecular flexibility index (Phi) is 4.43. The second kappa shape index (κ2) is 5.87. The first kappa shape index (κ1) is 13.6. The minimum absolute atomic E-state index is 0.0707. The molecule has 5 heteroatoms. The van der Waals surface area contributed by atoms with Crippen molar-refractivity contribution in [3.63, 3.8) is 0 Å². The number of anilines is 1. The maximum Gasteiger partial charge on any atom is 0.283 e. The van der Waals surface area contributed by atoms with Gasteiger partial charge in [-0.3, -0.25) is 4.79 Å². The van der Waals surface area contributed by atoms with Gasteiger partial charge in [-0.25, -0.2) is 4.68 Å². The lowest BCUT2D eigenvalue weighted by Crippen LogP contribution is -2.26. The summed E-state index contributed by atoms with van der Waals surface area (Å²) in [6, 6.07) is 0.0813. The van der Waals surface area contributed by atoms with E-state index >= 15 is 0 Å². The zero-order chi connectivity index (χ0) is 13.1. The molecule has 1 heterocycles. The van der Waals surface area contributed by atoms with E-state index in [9.17, 15) is 4.79 Å². The lowest BCUT2D eigenvalue weighted by molar-refractivity contribution is 0.303. The van der Waals surface area contributed by atoms with E-state index in [0.717, 1.165) is 18.2 Å². The maximum absolute atomic E-state index is 12.0. The molecule has 1 aliphatic carbocycles. The SMILES string of the molecule is CC(C)n1ncc(NCCC2CCC2)c(Br)c1=O. The molecule has 0 spiro atoms. The topological polar surface area (TPSA) is 46.9 Å². The monoisotopic (exact) mass is 313 g/mol. The molecule has 0 bridgehead atoms. The standard InChI is InChI=1S/C13H20BrN3O/c1-9(2)17-13(18)12(14)11(8-16-17)15-7-6-10-4-3-5-10/h8-10,15H,3-7H2,1-2H3. The van der Waals surface area contributed by atoms with Crippen LogP contribution in [0.15, 0.2) is 15.5 Å². The number of rotatable bonds is 5. The number of nitrogens with one attached hydrogen (secondary N) is 1. The van der Waals surface area contributed by atoms with Gasteiger partial charge in [0, 0.05) is 6.54 Å². The fourth-order valence-corrected chi connectivity index (χ4v) is 2.55. The highest BCUT2D eigenvalue weighted by Gasteiger charge is 2.17. The van der Waals surface area contributed by atoms with Gasteiger partial charge in [0.05, 0.1) is 17.9 Å². The van der Waals surface area contributed by atoms with Gasteiger partial charge in [0.25, 0.3) is 5.56 Å². The van der Waals surface area contributed by atoms with E-state index in [2.05, 4.69) is 26.3 Å². The van der Waals surface area contributed by atoms with Gasteiger partial charge in [-0.2, -0.15) is 5.10 Å². The third-order valence-electron chi connectivity index (χ3n) is 3.53. The molecule has 0 saturated heterocycles. The molecule has 0 aromatic carbocycles. The number of nitrogens with zero attached hydrogens (tertiary/aromatic N) is 2. The second-order valence-corrected chi connectivity index (χ2v) is 6.02. The average Bonchev–Trinajstić information content (AvgIpc) is 2.27. The van der Waals surface area contributed by atoms with Crippen molar-refractivity contribution in [2.24, 2.45) is 5.92 Å². The molecule has 100 valence electrons. The quantitative estimate of drug-likeness (QED) is 0.908. The minimum Gasteiger partial charge on any atom is -0.383 e. The van der Waals surface area contributed by atoms with Gasteiger partial charge in [0.15, 0.2) is 0 Å². The Bertz CT molecular complexity index is 466. The van der Waals surface area contributed by atoms with Crippen LogP contribution < -0.4 is 10.9 Å². The highest BCUT2D eigenvalue weighted by molar-refractivity contribution is 9.10. The van der Waals surface area contributed by atoms with Gasteiger partial charge in [0.1, 0.15) is 4.47 Å². The summed E-state index contributed by atoms with van der Waals surface area (Å²) in [4.78, 5) is 12.0. The Balaban J connectivity index is 2.00. The molecule has 4 nitrogen and oxygen atoms in total. The Morgan fingerprint density at radius 3 is 2.83 bits per heavy atom. The van der Waals surface area contributed by atoms with Gasteiger partial charge in [0.2, 0.25) is 0 Å². The Morgan fingerprint density at radius 1 is 1.56 bits per heavy atom. The third kappa shape index (κ3) is 2.94. The fourth-order valence-electron chi connectivity index (χ4n) is 2.13. The van der Waals surface area contributed by atoms with Crippen molar-refractivity contribution in [3.05, 3.63) is 21.0 Å². The molecule has 0 unspecified atom stereocenters. The largest absolute Gasteiger partial charge is 0.383 e. The summed E-state index contributed by atoms with van der Waals surface area (Å²) in [7, 11) is 0. The van der Waals surface area contributed by atoms with Crippen LogP contribution in [-0.4, -0.2) is 16.3 Å². The van der Waals surface area contributed by atoms with Crippen molar-refractivity contribution in [1.29, 1.82) is 0 Å². The summed E-state index contributed by atoms with van der Waals surface area (Å²) in [5.74, 6) is 0.875. The minimum atomic E-state index is -0.0707. The molecule has 0 aliphatic heterocycles. The summed E-state index contributed by atoms with van der Waals surface area (Å²) in [6.07, 6.45) is 7.00. The van der Waals surface area contributed by atoms with Crippen LogP contribution in [0, 0.1) is 5.92 Å². The summed E-state index contributed by atoms with van der Waals surface area (Å²) in [6.45, 7) is 4.81. The Labute approximate surface area is 116 Å². The zero-order valence-corrected chi connectivity index (χ0v) is 12.5. The van der Waals surface area contributed by atoms with E-state index in [0.29, 0.717) is 4.47 Å². The predicted molar refractivity (Wildman–Crippen MR) is 77.0 cm³/mol. The van der Waals surface area contributed by atoms with Crippen LogP contribution in [0.4, 0.5) is 5.69 Å². The molecule has 0 radical (unpaired) electrons. The summed E-state index contributed by atoms with van der Waals surface area (Å²) < 4.78 is 2.07. The van der Waals surface area contributed by atoms with Gasteiger partial charge in [-0.05, 0) is 42.1 Å². The lowest BCUT2D eigenvalue weighted by Gasteiger charge is -2.25. The molecule has 18 heavy (non-hydrogen) atoms. The highest BCUT2D eigenvalue weighted by Crippen LogP contribution is 2.29. The first-order valence-electron chi connectivity index (χ1n) is 6.60. The van der Waals surface area contributed by atoms with Crippen LogP contribution in [0.3, 0.4) is 0 Å². The molecule has 1 aliphatic rings. The summed E-state index contributed by atoms with van der Waals surface area (Å²) in [5.41, 5.74) is 0.731. The van der Waals surface area contributed by atoms with Crippen molar-refractivity contribution < 1.29 is 0 Å². The molecule has 0 atom stereocenters. The van der Waals surface area contributed by atoms with E-state index in [1.54, 1.807) is 6.20 Å². The van der Waals surface area contributed by atoms with Crippen LogP contribution in [0.5, 0.6) is 0 Å². The smallest absolute Gasteiger partial charge is 0.283 e. The Hall–Kier alpha value is -0.840. The summed E-state index contributed by atoms with van der Waals surface area (Å²) >= 11 is 3.36. The van der Waals surface area contributed by atoms with E-state index in [1.807, 2.05) is 13.8 Å². The Morgan fingerprint density at radius 2 is 2.28 bits per heavy atom. The van der Waals surface area contributed by atoms with Crippen molar-refractivity contribution >= 4 is 21.6 Å². The number of halogens is 1. The van der Waals surface area contributed by atoms with Crippen LogP contribution in [-0.2, 0) is 0 Å². The van der Waals surface area contributed by atoms with Gasteiger partial charge >= 0.3 is 0 Å². The lowest BCUT2D eigenvalue weighted by atomic mass is 9.83. The zero-order valence-electron chi connectivity index (χ0n) is 10.9. The van der Waals surface area contributed by atoms with Crippen molar-refractivity contribution in [3.8, 4) is 0 Å². The summed E-state index contributed by atoms with van der Waals surface area (Å²) in [5, 5.41) is 7.48. The molecule has 0 amide bonds. The van der Waals surface area contributed by atoms with Crippen molar-refractivity contribution in [1.82, 2.24) is 9.78 Å². The maximum atomic E-state index is 12.0. The van der Waals surface area contributed by atoms with Crippen LogP contribution in [0.2, 0.25) is 0 Å². The van der Waals surface area contributed by atoms with Gasteiger partial charge in [-0.15, -0.1) is 0 Å². The number of hydrogen-bond acceptors (Lipinski definition) is 3. The number of hydrogen-bond donors (Lipinski definition) is 1. The van der Waals surface area contributed by atoms with E-state index in [4.69, 9.17) is 0 Å². The molecular weight excluding hydrogens is 294 g/mol. The first-order chi connectivity index (χ1) is 8.59. The van der Waals surface area contributed by atoms with Crippen molar-refractivity contribution in [2.75, 3.05) is 11.9 Å². The molecule has 1 aromatic heterocycles. The van der Waals surface area contributed by atoms with Crippen LogP contribution in [0.1, 0.15) is 45.6 Å². The first-order valence-corrected chi connectivity index (χ1v) is 7.40. The van der Waals surface area contributed by atoms with Crippen molar-refractivity contribution in [2.45, 2.75) is 45.6 Å². The molecule has 1 N–H and O–H groups in total. The van der Waals surface area contributed by atoms with Crippen LogP contribution >= 0.6 is 15.9 Å². The van der Waals surface area contributed by atoms with E-state index < -0.39 is 0 Å². The average molecular weight is 314 g/mol. The molecular formula is C13H20BrN3O. The van der Waals surface area contributed by atoms with Gasteiger partial charge < -0.3 is 5.32 Å². The van der Waals surface area contributed by atoms with E-state index in [1.165, 1.54) is 30.4 Å². The second-order valence-electron chi connectivity index (χ2n) is 5.23. The molecule has 1 saturated carbocycles. The third-order valence-corrected chi connectivity index (χ3v) is 4.29.